The summed E-state index contributed by atoms with van der Waals surface area (Å²) in [6, 6.07) is 5.85. The molecule has 0 heterocycles. The average Bonchev–Trinajstić information content (AvgIpc) is 2.74. The van der Waals surface area contributed by atoms with Gasteiger partial charge in [-0.05, 0) is 42.9 Å². The van der Waals surface area contributed by atoms with Gasteiger partial charge in [-0.2, -0.15) is 0 Å². The number of halogens is 2. The highest BCUT2D eigenvalue weighted by molar-refractivity contribution is 6.42. The Morgan fingerprint density at radius 3 is 2.50 bits per heavy atom. The van der Waals surface area contributed by atoms with Crippen molar-refractivity contribution >= 4 is 23.2 Å². The molecule has 0 saturated heterocycles. The Morgan fingerprint density at radius 1 is 1.19 bits per heavy atom. The molecule has 88 valence electrons. The smallest absolute Gasteiger partial charge is 0.0624 e. The van der Waals surface area contributed by atoms with Gasteiger partial charge < -0.3 is 5.73 Å². The fourth-order valence-electron chi connectivity index (χ4n) is 2.67. The normalized spacial score (nSPS) is 18.9. The molecule has 0 atom stereocenters. The minimum Gasteiger partial charge on any atom is -0.330 e. The monoisotopic (exact) mass is 257 g/mol. The Hall–Kier alpha value is -0.240. The molecule has 1 nitrogen and oxygen atoms in total. The third kappa shape index (κ3) is 2.37. The molecule has 1 aliphatic rings. The molecule has 0 amide bonds. The first-order chi connectivity index (χ1) is 7.67. The second kappa shape index (κ2) is 4.95. The molecule has 1 aromatic carbocycles. The van der Waals surface area contributed by atoms with Crippen LogP contribution in [0.15, 0.2) is 18.2 Å². The van der Waals surface area contributed by atoms with Crippen LogP contribution in [0.4, 0.5) is 0 Å². The zero-order valence-corrected chi connectivity index (χ0v) is 10.8. The van der Waals surface area contributed by atoms with Crippen LogP contribution in [0.3, 0.4) is 0 Å². The molecule has 0 spiro atoms. The van der Waals surface area contributed by atoms with Crippen LogP contribution in [0, 0.1) is 5.41 Å². The number of nitrogens with two attached hydrogens (primary N) is 1. The van der Waals surface area contributed by atoms with Crippen molar-refractivity contribution in [1.82, 2.24) is 0 Å². The number of hydrogen-bond acceptors (Lipinski definition) is 1. The van der Waals surface area contributed by atoms with E-state index in [-0.39, 0.29) is 5.41 Å². The van der Waals surface area contributed by atoms with Gasteiger partial charge in [0, 0.05) is 0 Å². The number of hydrogen-bond donors (Lipinski definition) is 1. The van der Waals surface area contributed by atoms with E-state index in [1.165, 1.54) is 25.7 Å². The summed E-state index contributed by atoms with van der Waals surface area (Å²) in [7, 11) is 0. The Kier molecular flexibility index (Phi) is 3.78. The van der Waals surface area contributed by atoms with Crippen LogP contribution in [0.1, 0.15) is 31.2 Å². The molecule has 1 fully saturated rings. The molecule has 2 rings (SSSR count). The van der Waals surface area contributed by atoms with Gasteiger partial charge in [0.05, 0.1) is 10.0 Å². The summed E-state index contributed by atoms with van der Waals surface area (Å²) >= 11 is 12.2. The molecular weight excluding hydrogens is 241 g/mol. The van der Waals surface area contributed by atoms with Gasteiger partial charge in [0.2, 0.25) is 0 Å². The molecule has 16 heavy (non-hydrogen) atoms. The van der Waals surface area contributed by atoms with E-state index in [4.69, 9.17) is 28.9 Å². The predicted octanol–water partition coefficient (Wildman–Crippen LogP) is 4.06. The highest BCUT2D eigenvalue weighted by Crippen LogP contribution is 2.41. The maximum absolute atomic E-state index is 6.22. The minimum absolute atomic E-state index is 0.258. The quantitative estimate of drug-likeness (QED) is 0.869. The van der Waals surface area contributed by atoms with Gasteiger partial charge in [-0.3, -0.25) is 0 Å². The van der Waals surface area contributed by atoms with Crippen molar-refractivity contribution in [3.8, 4) is 0 Å². The second-order valence-corrected chi connectivity index (χ2v) is 5.59. The van der Waals surface area contributed by atoms with E-state index in [2.05, 4.69) is 6.07 Å². The van der Waals surface area contributed by atoms with Crippen LogP contribution >= 0.6 is 23.2 Å². The molecule has 0 radical (unpaired) electrons. The van der Waals surface area contributed by atoms with E-state index in [0.29, 0.717) is 10.0 Å². The summed E-state index contributed by atoms with van der Waals surface area (Å²) in [6.45, 7) is 0.746. The standard InChI is InChI=1S/C13H17Cl2N/c14-11-5-3-4-10(12(11)15)8-13(9-16)6-1-2-7-13/h3-5H,1-2,6-9,16H2. The zero-order valence-electron chi connectivity index (χ0n) is 9.31. The van der Waals surface area contributed by atoms with Crippen molar-refractivity contribution in [2.24, 2.45) is 11.1 Å². The summed E-state index contributed by atoms with van der Waals surface area (Å²) in [5.74, 6) is 0. The van der Waals surface area contributed by atoms with E-state index in [1.807, 2.05) is 12.1 Å². The van der Waals surface area contributed by atoms with Crippen molar-refractivity contribution in [3.63, 3.8) is 0 Å². The average molecular weight is 258 g/mol. The lowest BCUT2D eigenvalue weighted by Crippen LogP contribution is -2.29. The van der Waals surface area contributed by atoms with Crippen LogP contribution in [-0.2, 0) is 6.42 Å². The van der Waals surface area contributed by atoms with E-state index >= 15 is 0 Å². The van der Waals surface area contributed by atoms with Crippen molar-refractivity contribution in [2.45, 2.75) is 32.1 Å². The molecule has 0 aliphatic heterocycles. The Balaban J connectivity index is 2.22. The lowest BCUT2D eigenvalue weighted by molar-refractivity contribution is 0.306. The highest BCUT2D eigenvalue weighted by atomic mass is 35.5. The summed E-state index contributed by atoms with van der Waals surface area (Å²) in [6.07, 6.45) is 5.96. The van der Waals surface area contributed by atoms with Gasteiger partial charge in [0.15, 0.2) is 0 Å². The maximum atomic E-state index is 6.22. The molecule has 2 N–H and O–H groups in total. The van der Waals surface area contributed by atoms with Gasteiger partial charge in [-0.25, -0.2) is 0 Å². The van der Waals surface area contributed by atoms with Crippen LogP contribution in [0.25, 0.3) is 0 Å². The first-order valence-corrected chi connectivity index (χ1v) is 6.55. The first kappa shape index (κ1) is 12.2. The molecule has 1 saturated carbocycles. The van der Waals surface area contributed by atoms with Crippen LogP contribution in [-0.4, -0.2) is 6.54 Å². The number of benzene rings is 1. The lowest BCUT2D eigenvalue weighted by Gasteiger charge is -2.27. The molecule has 1 aromatic rings. The zero-order chi connectivity index (χ0) is 11.6. The topological polar surface area (TPSA) is 26.0 Å². The third-order valence-corrected chi connectivity index (χ3v) is 4.55. The largest absolute Gasteiger partial charge is 0.330 e. The van der Waals surface area contributed by atoms with Gasteiger partial charge in [-0.15, -0.1) is 0 Å². The van der Waals surface area contributed by atoms with E-state index in [1.54, 1.807) is 0 Å². The summed E-state index contributed by atoms with van der Waals surface area (Å²) in [5.41, 5.74) is 7.33. The van der Waals surface area contributed by atoms with Gasteiger partial charge in [0.1, 0.15) is 0 Å². The first-order valence-electron chi connectivity index (χ1n) is 5.80. The molecule has 0 aromatic heterocycles. The van der Waals surface area contributed by atoms with Crippen LogP contribution < -0.4 is 5.73 Å². The van der Waals surface area contributed by atoms with Crippen LogP contribution in [0.5, 0.6) is 0 Å². The summed E-state index contributed by atoms with van der Waals surface area (Å²) in [4.78, 5) is 0. The predicted molar refractivity (Wildman–Crippen MR) is 70.1 cm³/mol. The Labute approximate surface area is 107 Å². The molecular formula is C13H17Cl2N. The van der Waals surface area contributed by atoms with Gasteiger partial charge in [-0.1, -0.05) is 48.2 Å². The summed E-state index contributed by atoms with van der Waals surface area (Å²) in [5, 5.41) is 1.34. The van der Waals surface area contributed by atoms with E-state index < -0.39 is 0 Å². The molecule has 3 heteroatoms. The van der Waals surface area contributed by atoms with Crippen molar-refractivity contribution in [2.75, 3.05) is 6.54 Å². The highest BCUT2D eigenvalue weighted by Gasteiger charge is 2.33. The van der Waals surface area contributed by atoms with Gasteiger partial charge >= 0.3 is 0 Å². The van der Waals surface area contributed by atoms with Crippen molar-refractivity contribution in [1.29, 1.82) is 0 Å². The fraction of sp³-hybridized carbons (Fsp3) is 0.538. The maximum Gasteiger partial charge on any atom is 0.0624 e. The second-order valence-electron chi connectivity index (χ2n) is 4.80. The Morgan fingerprint density at radius 2 is 1.88 bits per heavy atom. The fourth-order valence-corrected chi connectivity index (χ4v) is 3.05. The summed E-state index contributed by atoms with van der Waals surface area (Å²) < 4.78 is 0. The van der Waals surface area contributed by atoms with E-state index in [9.17, 15) is 0 Å². The lowest BCUT2D eigenvalue weighted by atomic mass is 9.80. The molecule has 1 aliphatic carbocycles. The molecule has 0 unspecified atom stereocenters. The van der Waals surface area contributed by atoms with Gasteiger partial charge in [0.25, 0.3) is 0 Å². The third-order valence-electron chi connectivity index (χ3n) is 3.69. The van der Waals surface area contributed by atoms with E-state index in [0.717, 1.165) is 18.5 Å². The Bertz CT molecular complexity index is 370. The SMILES string of the molecule is NCC1(Cc2cccc(Cl)c2Cl)CCCC1. The molecule has 0 bridgehead atoms. The van der Waals surface area contributed by atoms with Crippen LogP contribution in [0.2, 0.25) is 10.0 Å². The van der Waals surface area contributed by atoms with Crippen molar-refractivity contribution < 1.29 is 0 Å². The minimum atomic E-state index is 0.258. The number of rotatable bonds is 3. The van der Waals surface area contributed by atoms with Crippen molar-refractivity contribution in [3.05, 3.63) is 33.8 Å².